The Balaban J connectivity index is 1.13. The van der Waals surface area contributed by atoms with E-state index in [2.05, 4.69) is 56.0 Å². The van der Waals surface area contributed by atoms with Gasteiger partial charge in [0.25, 0.3) is 0 Å². The molecule has 0 aliphatic carbocycles. The Morgan fingerprint density at radius 1 is 1.06 bits per heavy atom. The van der Waals surface area contributed by atoms with Crippen molar-refractivity contribution >= 4 is 16.9 Å². The normalized spacial score (nSPS) is 26.1. The van der Waals surface area contributed by atoms with E-state index in [1.165, 1.54) is 24.5 Å². The molecule has 6 nitrogen and oxygen atoms in total. The molecule has 1 N–H and O–H groups in total. The zero-order valence-electron chi connectivity index (χ0n) is 20.3. The summed E-state index contributed by atoms with van der Waals surface area (Å²) in [6.45, 7) is 2.67. The van der Waals surface area contributed by atoms with Crippen molar-refractivity contribution in [2.75, 3.05) is 26.7 Å². The lowest BCUT2D eigenvalue weighted by molar-refractivity contribution is -0.130. The second kappa shape index (κ2) is 9.36. The number of likely N-dealkylation sites (tertiary alicyclic amines) is 1. The molecule has 1 unspecified atom stereocenters. The number of hydrogen-bond acceptors (Lipinski definition) is 4. The van der Waals surface area contributed by atoms with Crippen LogP contribution in [0.1, 0.15) is 49.8 Å². The van der Waals surface area contributed by atoms with Gasteiger partial charge in [0.15, 0.2) is 5.82 Å². The van der Waals surface area contributed by atoms with Crippen LogP contribution in [0.25, 0.3) is 11.0 Å². The topological polar surface area (TPSA) is 53.4 Å². The molecule has 4 atom stereocenters. The van der Waals surface area contributed by atoms with Crippen LogP contribution in [-0.4, -0.2) is 64.0 Å². The number of fused-ring (bicyclic) bond motifs is 3. The predicted octanol–water partition coefficient (Wildman–Crippen LogP) is 4.15. The Kier molecular flexibility index (Phi) is 6.06. The number of aromatic nitrogens is 2. The minimum Gasteiger partial charge on any atom is -0.349 e. The van der Waals surface area contributed by atoms with Crippen LogP contribution in [0, 0.1) is 11.7 Å². The molecule has 7 heteroatoms. The number of halogens is 1. The van der Waals surface area contributed by atoms with Gasteiger partial charge in [0.05, 0.1) is 23.8 Å². The highest BCUT2D eigenvalue weighted by Gasteiger charge is 2.41. The summed E-state index contributed by atoms with van der Waals surface area (Å²) in [4.78, 5) is 22.1. The van der Waals surface area contributed by atoms with Crippen LogP contribution in [0.3, 0.4) is 0 Å². The van der Waals surface area contributed by atoms with Gasteiger partial charge in [0.1, 0.15) is 5.52 Å². The third-order valence-corrected chi connectivity index (χ3v) is 8.44. The summed E-state index contributed by atoms with van der Waals surface area (Å²) in [6, 6.07) is 17.1. The Hall–Kier alpha value is -2.77. The molecule has 1 aromatic heterocycles. The van der Waals surface area contributed by atoms with E-state index >= 15 is 0 Å². The van der Waals surface area contributed by atoms with Crippen LogP contribution in [-0.2, 0) is 4.79 Å². The lowest BCUT2D eigenvalue weighted by Crippen LogP contribution is -2.52. The van der Waals surface area contributed by atoms with Crippen molar-refractivity contribution in [2.24, 2.45) is 5.92 Å². The number of piperidine rings is 1. The molecule has 0 saturated carbocycles. The van der Waals surface area contributed by atoms with Gasteiger partial charge in [-0.05, 0) is 56.8 Å². The lowest BCUT2D eigenvalue weighted by atomic mass is 9.94. The van der Waals surface area contributed by atoms with E-state index in [-0.39, 0.29) is 23.7 Å². The van der Waals surface area contributed by atoms with Gasteiger partial charge in [0.2, 0.25) is 5.91 Å². The first kappa shape index (κ1) is 22.7. The number of hydrogen-bond donors (Lipinski definition) is 1. The molecule has 35 heavy (non-hydrogen) atoms. The summed E-state index contributed by atoms with van der Waals surface area (Å²) in [6.07, 6.45) is 7.28. The highest BCUT2D eigenvalue weighted by atomic mass is 19.1. The van der Waals surface area contributed by atoms with E-state index in [0.717, 1.165) is 44.4 Å². The molecule has 1 amide bonds. The molecular weight excluding hydrogens is 441 g/mol. The fourth-order valence-corrected chi connectivity index (χ4v) is 6.59. The molecule has 184 valence electrons. The van der Waals surface area contributed by atoms with Crippen molar-refractivity contribution in [3.63, 3.8) is 0 Å². The molecule has 3 saturated heterocycles. The molecule has 0 spiro atoms. The fourth-order valence-electron chi connectivity index (χ4n) is 6.59. The number of carbonyl (C=O) groups excluding carboxylic acids is 1. The highest BCUT2D eigenvalue weighted by molar-refractivity contribution is 5.80. The van der Waals surface area contributed by atoms with Crippen molar-refractivity contribution in [2.45, 2.75) is 56.3 Å². The third kappa shape index (κ3) is 4.36. The van der Waals surface area contributed by atoms with Gasteiger partial charge in [-0.3, -0.25) is 9.69 Å². The van der Waals surface area contributed by atoms with Crippen LogP contribution < -0.4 is 5.32 Å². The van der Waals surface area contributed by atoms with Gasteiger partial charge in [0, 0.05) is 37.8 Å². The first-order valence-corrected chi connectivity index (χ1v) is 13.0. The summed E-state index contributed by atoms with van der Waals surface area (Å²) in [5.41, 5.74) is 2.56. The Morgan fingerprint density at radius 2 is 1.80 bits per heavy atom. The quantitative estimate of drug-likeness (QED) is 0.558. The third-order valence-electron chi connectivity index (χ3n) is 8.44. The first-order valence-electron chi connectivity index (χ1n) is 13.0. The Labute approximate surface area is 206 Å². The molecule has 3 aliphatic rings. The number of rotatable bonds is 7. The summed E-state index contributed by atoms with van der Waals surface area (Å²) < 4.78 is 16.4. The van der Waals surface area contributed by atoms with E-state index in [9.17, 15) is 9.18 Å². The van der Waals surface area contributed by atoms with Gasteiger partial charge < -0.3 is 14.8 Å². The SMILES string of the molecule is CN1CC(C(=O)N[C@@H](CCN2[C@@H]3CC[C@H]2CC(n2cnc4c(F)cccc42)C3)c2ccccc2)C1. The van der Waals surface area contributed by atoms with Crippen molar-refractivity contribution < 1.29 is 9.18 Å². The van der Waals surface area contributed by atoms with E-state index in [4.69, 9.17) is 0 Å². The van der Waals surface area contributed by atoms with E-state index in [0.29, 0.717) is 23.6 Å². The van der Waals surface area contributed by atoms with Crippen LogP contribution in [0.15, 0.2) is 54.9 Å². The van der Waals surface area contributed by atoms with Gasteiger partial charge in [-0.1, -0.05) is 36.4 Å². The molecular formula is C28H34FN5O. The van der Waals surface area contributed by atoms with Crippen molar-refractivity contribution in [3.05, 3.63) is 66.2 Å². The summed E-state index contributed by atoms with van der Waals surface area (Å²) in [5.74, 6) is 0.0371. The van der Waals surface area contributed by atoms with Crippen molar-refractivity contribution in [1.82, 2.24) is 24.7 Å². The predicted molar refractivity (Wildman–Crippen MR) is 134 cm³/mol. The van der Waals surface area contributed by atoms with Gasteiger partial charge in [-0.25, -0.2) is 9.37 Å². The van der Waals surface area contributed by atoms with Crippen molar-refractivity contribution in [1.29, 1.82) is 0 Å². The monoisotopic (exact) mass is 475 g/mol. The fraction of sp³-hybridized carbons (Fsp3) is 0.500. The van der Waals surface area contributed by atoms with Crippen LogP contribution in [0.2, 0.25) is 0 Å². The number of para-hydroxylation sites is 1. The van der Waals surface area contributed by atoms with Crippen molar-refractivity contribution in [3.8, 4) is 0 Å². The number of benzene rings is 2. The maximum Gasteiger partial charge on any atom is 0.226 e. The minimum absolute atomic E-state index is 0.0345. The molecule has 4 heterocycles. The zero-order valence-corrected chi connectivity index (χ0v) is 20.3. The Bertz CT molecular complexity index is 1180. The molecule has 3 aromatic rings. The van der Waals surface area contributed by atoms with Crippen LogP contribution in [0.5, 0.6) is 0 Å². The van der Waals surface area contributed by atoms with E-state index in [1.807, 2.05) is 18.5 Å². The zero-order chi connectivity index (χ0) is 23.9. The van der Waals surface area contributed by atoms with E-state index in [1.54, 1.807) is 6.07 Å². The second-order valence-corrected chi connectivity index (χ2v) is 10.7. The molecule has 6 rings (SSSR count). The maximum absolute atomic E-state index is 14.2. The average molecular weight is 476 g/mol. The average Bonchev–Trinajstić information content (AvgIpc) is 3.38. The van der Waals surface area contributed by atoms with Crippen LogP contribution >= 0.6 is 0 Å². The van der Waals surface area contributed by atoms with Gasteiger partial charge >= 0.3 is 0 Å². The molecule has 0 radical (unpaired) electrons. The molecule has 2 aromatic carbocycles. The number of amides is 1. The summed E-state index contributed by atoms with van der Waals surface area (Å²) >= 11 is 0. The van der Waals surface area contributed by atoms with E-state index < -0.39 is 0 Å². The summed E-state index contributed by atoms with van der Waals surface area (Å²) in [5, 5.41) is 3.36. The standard InChI is InChI=1S/C28H34FN5O/c1-32-16-20(17-32)28(35)31-25(19-6-3-2-4-7-19)12-13-33-21-10-11-22(33)15-23(14-21)34-18-30-27-24(29)8-5-9-26(27)34/h2-9,18,20-23,25H,10-17H2,1H3,(H,31,35)/t21-,22+,23?,25-/m0/s1. The highest BCUT2D eigenvalue weighted by Crippen LogP contribution is 2.42. The largest absolute Gasteiger partial charge is 0.349 e. The number of carbonyl (C=O) groups is 1. The van der Waals surface area contributed by atoms with Gasteiger partial charge in [-0.2, -0.15) is 0 Å². The molecule has 2 bridgehead atoms. The number of nitrogens with one attached hydrogen (secondary N) is 1. The molecule has 3 aliphatic heterocycles. The Morgan fingerprint density at radius 3 is 2.51 bits per heavy atom. The summed E-state index contributed by atoms with van der Waals surface area (Å²) in [7, 11) is 2.06. The minimum atomic E-state index is -0.246. The number of imidazole rings is 1. The van der Waals surface area contributed by atoms with Gasteiger partial charge in [-0.15, -0.1) is 0 Å². The second-order valence-electron chi connectivity index (χ2n) is 10.7. The number of nitrogens with zero attached hydrogens (tertiary/aromatic N) is 4. The first-order chi connectivity index (χ1) is 17.1. The van der Waals surface area contributed by atoms with Crippen LogP contribution in [0.4, 0.5) is 4.39 Å². The smallest absolute Gasteiger partial charge is 0.226 e. The maximum atomic E-state index is 14.2. The lowest BCUT2D eigenvalue weighted by Gasteiger charge is -2.40. The molecule has 3 fully saturated rings.